The third-order valence-corrected chi connectivity index (χ3v) is 5.01. The first-order chi connectivity index (χ1) is 14.5. The molecule has 0 bridgehead atoms. The van der Waals surface area contributed by atoms with Crippen molar-refractivity contribution in [3.05, 3.63) is 94.6 Å². The molecule has 150 valence electrons. The number of benzene rings is 2. The van der Waals surface area contributed by atoms with Gasteiger partial charge in [-0.05, 0) is 60.7 Å². The second-order valence-corrected chi connectivity index (χ2v) is 7.01. The van der Waals surface area contributed by atoms with Gasteiger partial charge in [0.15, 0.2) is 11.5 Å². The summed E-state index contributed by atoms with van der Waals surface area (Å²) >= 11 is 12.2. The SMILES string of the molecule is O=C(Nc1ccc(NC(=O)c2ccc(-c3cccc(Cl)c3Cl)o2)cc1)c1ccco1. The van der Waals surface area contributed by atoms with E-state index in [9.17, 15) is 9.59 Å². The summed E-state index contributed by atoms with van der Waals surface area (Å²) in [7, 11) is 0. The van der Waals surface area contributed by atoms with E-state index in [0.717, 1.165) is 0 Å². The summed E-state index contributed by atoms with van der Waals surface area (Å²) in [5.74, 6) is -0.0213. The van der Waals surface area contributed by atoms with Crippen molar-refractivity contribution in [2.75, 3.05) is 10.6 Å². The van der Waals surface area contributed by atoms with Gasteiger partial charge >= 0.3 is 0 Å². The highest BCUT2D eigenvalue weighted by atomic mass is 35.5. The minimum absolute atomic E-state index is 0.122. The van der Waals surface area contributed by atoms with E-state index in [4.69, 9.17) is 32.0 Å². The first-order valence-corrected chi connectivity index (χ1v) is 9.57. The Morgan fingerprint density at radius 2 is 1.40 bits per heavy atom. The summed E-state index contributed by atoms with van der Waals surface area (Å²) in [5.41, 5.74) is 1.69. The second kappa shape index (κ2) is 8.49. The average molecular weight is 441 g/mol. The summed E-state index contributed by atoms with van der Waals surface area (Å²) in [6.45, 7) is 0. The highest BCUT2D eigenvalue weighted by Gasteiger charge is 2.15. The molecule has 2 amide bonds. The number of halogens is 2. The monoisotopic (exact) mass is 440 g/mol. The first-order valence-electron chi connectivity index (χ1n) is 8.82. The Bertz CT molecular complexity index is 1200. The fourth-order valence-electron chi connectivity index (χ4n) is 2.73. The van der Waals surface area contributed by atoms with Gasteiger partial charge in [-0.25, -0.2) is 0 Å². The molecule has 2 aromatic carbocycles. The minimum atomic E-state index is -0.424. The largest absolute Gasteiger partial charge is 0.459 e. The van der Waals surface area contributed by atoms with Gasteiger partial charge in [-0.1, -0.05) is 29.3 Å². The summed E-state index contributed by atoms with van der Waals surface area (Å²) in [6, 6.07) is 18.2. The Morgan fingerprint density at radius 1 is 0.733 bits per heavy atom. The highest BCUT2D eigenvalue weighted by Crippen LogP contribution is 2.34. The zero-order valence-electron chi connectivity index (χ0n) is 15.3. The number of anilines is 2. The lowest BCUT2D eigenvalue weighted by Gasteiger charge is -2.06. The molecule has 30 heavy (non-hydrogen) atoms. The van der Waals surface area contributed by atoms with E-state index in [-0.39, 0.29) is 17.4 Å². The summed E-state index contributed by atoms with van der Waals surface area (Å²) in [5, 5.41) is 6.19. The normalized spacial score (nSPS) is 10.6. The van der Waals surface area contributed by atoms with Gasteiger partial charge in [0, 0.05) is 16.9 Å². The van der Waals surface area contributed by atoms with Crippen LogP contribution in [0.4, 0.5) is 11.4 Å². The molecule has 0 aliphatic rings. The molecule has 0 aliphatic carbocycles. The number of carbonyl (C=O) groups is 2. The van der Waals surface area contributed by atoms with Gasteiger partial charge in [-0.2, -0.15) is 0 Å². The van der Waals surface area contributed by atoms with Crippen molar-refractivity contribution >= 4 is 46.4 Å². The van der Waals surface area contributed by atoms with Gasteiger partial charge in [-0.3, -0.25) is 9.59 Å². The average Bonchev–Trinajstić information content (AvgIpc) is 3.44. The molecule has 2 aromatic heterocycles. The number of carbonyl (C=O) groups excluding carboxylic acids is 2. The number of hydrogen-bond acceptors (Lipinski definition) is 4. The van der Waals surface area contributed by atoms with Gasteiger partial charge in [0.25, 0.3) is 11.8 Å². The van der Waals surface area contributed by atoms with Crippen LogP contribution < -0.4 is 10.6 Å². The Kier molecular flexibility index (Phi) is 5.61. The Balaban J connectivity index is 1.42. The highest BCUT2D eigenvalue weighted by molar-refractivity contribution is 6.43. The fraction of sp³-hybridized carbons (Fsp3) is 0. The fourth-order valence-corrected chi connectivity index (χ4v) is 3.12. The van der Waals surface area contributed by atoms with E-state index < -0.39 is 5.91 Å². The first kappa shape index (κ1) is 19.8. The van der Waals surface area contributed by atoms with Gasteiger partial charge in [0.05, 0.1) is 16.3 Å². The number of amides is 2. The molecule has 8 heteroatoms. The quantitative estimate of drug-likeness (QED) is 0.378. The molecule has 0 atom stereocenters. The summed E-state index contributed by atoms with van der Waals surface area (Å²) in [6.07, 6.45) is 1.42. The lowest BCUT2D eigenvalue weighted by atomic mass is 10.2. The van der Waals surface area contributed by atoms with E-state index in [2.05, 4.69) is 10.6 Å². The molecule has 6 nitrogen and oxygen atoms in total. The van der Waals surface area contributed by atoms with Crippen molar-refractivity contribution in [2.24, 2.45) is 0 Å². The zero-order chi connectivity index (χ0) is 21.1. The molecule has 4 rings (SSSR count). The van der Waals surface area contributed by atoms with Crippen molar-refractivity contribution in [2.45, 2.75) is 0 Å². The molecule has 4 aromatic rings. The van der Waals surface area contributed by atoms with Gasteiger partial charge < -0.3 is 19.5 Å². The molecule has 2 N–H and O–H groups in total. The van der Waals surface area contributed by atoms with Crippen molar-refractivity contribution in [1.29, 1.82) is 0 Å². The van der Waals surface area contributed by atoms with Crippen LogP contribution in [0.3, 0.4) is 0 Å². The standard InChI is InChI=1S/C22H14Cl2N2O4/c23-16-4-1-3-15(20(16)24)17-10-11-19(30-17)22(28)26-14-8-6-13(7-9-14)25-21(27)18-5-2-12-29-18/h1-12H,(H,25,27)(H,26,28). The van der Waals surface area contributed by atoms with E-state index in [1.165, 1.54) is 6.26 Å². The molecule has 0 spiro atoms. The van der Waals surface area contributed by atoms with Crippen LogP contribution in [0.15, 0.2) is 81.8 Å². The molecule has 2 heterocycles. The molecule has 0 radical (unpaired) electrons. The molecule has 0 saturated carbocycles. The van der Waals surface area contributed by atoms with Crippen LogP contribution in [-0.2, 0) is 0 Å². The van der Waals surface area contributed by atoms with Crippen LogP contribution in [0.2, 0.25) is 10.0 Å². The topological polar surface area (TPSA) is 84.5 Å². The van der Waals surface area contributed by atoms with Crippen LogP contribution in [0.1, 0.15) is 21.1 Å². The van der Waals surface area contributed by atoms with E-state index in [0.29, 0.717) is 32.7 Å². The lowest BCUT2D eigenvalue weighted by molar-refractivity contribution is 0.0989. The van der Waals surface area contributed by atoms with E-state index in [1.54, 1.807) is 66.7 Å². The van der Waals surface area contributed by atoms with Crippen LogP contribution in [0.5, 0.6) is 0 Å². The maximum Gasteiger partial charge on any atom is 0.291 e. The van der Waals surface area contributed by atoms with Crippen molar-refractivity contribution < 1.29 is 18.4 Å². The van der Waals surface area contributed by atoms with Crippen LogP contribution in [-0.4, -0.2) is 11.8 Å². The van der Waals surface area contributed by atoms with Gasteiger partial charge in [0.1, 0.15) is 5.76 Å². The van der Waals surface area contributed by atoms with Crippen LogP contribution in [0, 0.1) is 0 Å². The third-order valence-electron chi connectivity index (χ3n) is 4.19. The molecular weight excluding hydrogens is 427 g/mol. The predicted molar refractivity (Wildman–Crippen MR) is 115 cm³/mol. The maximum atomic E-state index is 12.5. The van der Waals surface area contributed by atoms with Gasteiger partial charge in [0.2, 0.25) is 0 Å². The van der Waals surface area contributed by atoms with Crippen LogP contribution >= 0.6 is 23.2 Å². The summed E-state index contributed by atoms with van der Waals surface area (Å²) in [4.78, 5) is 24.5. The molecule has 0 saturated heterocycles. The lowest BCUT2D eigenvalue weighted by Crippen LogP contribution is -2.12. The number of hydrogen-bond donors (Lipinski definition) is 2. The predicted octanol–water partition coefficient (Wildman–Crippen LogP) is 6.35. The Morgan fingerprint density at radius 3 is 2.03 bits per heavy atom. The molecular formula is C22H14Cl2N2O4. The maximum absolute atomic E-state index is 12.5. The van der Waals surface area contributed by atoms with Crippen molar-refractivity contribution in [1.82, 2.24) is 0 Å². The molecule has 0 fully saturated rings. The zero-order valence-corrected chi connectivity index (χ0v) is 16.8. The second-order valence-electron chi connectivity index (χ2n) is 6.23. The van der Waals surface area contributed by atoms with E-state index in [1.807, 2.05) is 0 Å². The van der Waals surface area contributed by atoms with Crippen molar-refractivity contribution in [3.8, 4) is 11.3 Å². The smallest absolute Gasteiger partial charge is 0.291 e. The summed E-state index contributed by atoms with van der Waals surface area (Å²) < 4.78 is 10.7. The number of rotatable bonds is 5. The van der Waals surface area contributed by atoms with Gasteiger partial charge in [-0.15, -0.1) is 0 Å². The number of furan rings is 2. The Labute approximate surface area is 181 Å². The molecule has 0 unspecified atom stereocenters. The third kappa shape index (κ3) is 4.25. The Hall–Kier alpha value is -3.48. The molecule has 0 aliphatic heterocycles. The number of nitrogens with one attached hydrogen (secondary N) is 2. The van der Waals surface area contributed by atoms with Crippen molar-refractivity contribution in [3.63, 3.8) is 0 Å². The van der Waals surface area contributed by atoms with Crippen LogP contribution in [0.25, 0.3) is 11.3 Å². The minimum Gasteiger partial charge on any atom is -0.459 e. The van der Waals surface area contributed by atoms with E-state index >= 15 is 0 Å².